The van der Waals surface area contributed by atoms with Gasteiger partial charge in [0.05, 0.1) is 30.1 Å². The van der Waals surface area contributed by atoms with Gasteiger partial charge in [-0.05, 0) is 31.2 Å². The molecule has 2 N–H and O–H groups in total. The van der Waals surface area contributed by atoms with Crippen molar-refractivity contribution >= 4 is 22.8 Å². The molecule has 124 valence electrons. The van der Waals surface area contributed by atoms with Crippen LogP contribution >= 0.6 is 0 Å². The van der Waals surface area contributed by atoms with Crippen LogP contribution < -0.4 is 15.4 Å². The molecule has 0 bridgehead atoms. The average molecular weight is 325 g/mol. The van der Waals surface area contributed by atoms with Crippen molar-refractivity contribution in [1.29, 1.82) is 0 Å². The number of aryl methyl sites for hydroxylation is 1. The second-order valence-electron chi connectivity index (χ2n) is 5.26. The Kier molecular flexibility index (Phi) is 4.33. The first-order valence-corrected chi connectivity index (χ1v) is 7.63. The number of fused-ring (bicyclic) bond motifs is 1. The van der Waals surface area contributed by atoms with E-state index in [4.69, 9.17) is 4.74 Å². The molecular weight excluding hydrogens is 306 g/mol. The molecule has 0 aliphatic carbocycles. The van der Waals surface area contributed by atoms with Crippen molar-refractivity contribution < 1.29 is 9.53 Å². The SMILES string of the molecule is CCNC(=O)Nc1cc2cc(-c3cccnc3OC)n(C)c2cn1. The molecule has 3 aromatic rings. The number of hydrogen-bond donors (Lipinski definition) is 2. The van der Waals surface area contributed by atoms with E-state index >= 15 is 0 Å². The maximum absolute atomic E-state index is 11.6. The van der Waals surface area contributed by atoms with Crippen LogP contribution in [0.3, 0.4) is 0 Å². The summed E-state index contributed by atoms with van der Waals surface area (Å²) in [5.74, 6) is 1.07. The number of pyridine rings is 2. The molecule has 24 heavy (non-hydrogen) atoms. The number of anilines is 1. The molecule has 0 fully saturated rings. The topological polar surface area (TPSA) is 81.1 Å². The van der Waals surface area contributed by atoms with E-state index in [1.165, 1.54) is 0 Å². The number of carbonyl (C=O) groups excluding carboxylic acids is 1. The van der Waals surface area contributed by atoms with Gasteiger partial charge in [0.2, 0.25) is 5.88 Å². The first-order valence-electron chi connectivity index (χ1n) is 7.63. The van der Waals surface area contributed by atoms with E-state index < -0.39 is 0 Å². The minimum absolute atomic E-state index is 0.269. The minimum Gasteiger partial charge on any atom is -0.481 e. The number of rotatable bonds is 4. The number of urea groups is 1. The predicted molar refractivity (Wildman–Crippen MR) is 93.2 cm³/mol. The van der Waals surface area contributed by atoms with Gasteiger partial charge in [0.15, 0.2) is 0 Å². The summed E-state index contributed by atoms with van der Waals surface area (Å²) >= 11 is 0. The number of nitrogens with one attached hydrogen (secondary N) is 2. The van der Waals surface area contributed by atoms with Crippen LogP contribution in [0.15, 0.2) is 36.7 Å². The lowest BCUT2D eigenvalue weighted by molar-refractivity contribution is 0.252. The molecule has 3 aromatic heterocycles. The molecule has 0 radical (unpaired) electrons. The van der Waals surface area contributed by atoms with Crippen molar-refractivity contribution in [3.05, 3.63) is 36.7 Å². The predicted octanol–water partition coefficient (Wildman–Crippen LogP) is 2.79. The maximum atomic E-state index is 11.6. The van der Waals surface area contributed by atoms with E-state index in [9.17, 15) is 4.79 Å². The number of methoxy groups -OCH3 is 1. The zero-order valence-corrected chi connectivity index (χ0v) is 13.8. The van der Waals surface area contributed by atoms with E-state index in [2.05, 4.69) is 20.6 Å². The lowest BCUT2D eigenvalue weighted by Gasteiger charge is -2.08. The van der Waals surface area contributed by atoms with Crippen LogP contribution in [-0.4, -0.2) is 34.2 Å². The number of carbonyl (C=O) groups is 1. The summed E-state index contributed by atoms with van der Waals surface area (Å²) in [6, 6.07) is 7.43. The van der Waals surface area contributed by atoms with Crippen LogP contribution in [0.2, 0.25) is 0 Å². The van der Waals surface area contributed by atoms with Gasteiger partial charge in [-0.2, -0.15) is 0 Å². The quantitative estimate of drug-likeness (QED) is 0.773. The van der Waals surface area contributed by atoms with Crippen LogP contribution in [0.1, 0.15) is 6.92 Å². The lowest BCUT2D eigenvalue weighted by atomic mass is 10.2. The summed E-state index contributed by atoms with van der Waals surface area (Å²) in [4.78, 5) is 20.2. The normalized spacial score (nSPS) is 10.6. The Morgan fingerprint density at radius 2 is 2.17 bits per heavy atom. The van der Waals surface area contributed by atoms with Crippen molar-refractivity contribution in [3.63, 3.8) is 0 Å². The summed E-state index contributed by atoms with van der Waals surface area (Å²) in [6.45, 7) is 2.42. The third-order valence-corrected chi connectivity index (χ3v) is 3.75. The van der Waals surface area contributed by atoms with E-state index in [0.717, 1.165) is 22.2 Å². The Balaban J connectivity index is 2.02. The van der Waals surface area contributed by atoms with Crippen molar-refractivity contribution in [2.24, 2.45) is 7.05 Å². The maximum Gasteiger partial charge on any atom is 0.320 e. The molecule has 0 spiro atoms. The van der Waals surface area contributed by atoms with Crippen LogP contribution in [0, 0.1) is 0 Å². The Bertz CT molecular complexity index is 888. The second-order valence-corrected chi connectivity index (χ2v) is 5.26. The Morgan fingerprint density at radius 1 is 1.33 bits per heavy atom. The van der Waals surface area contributed by atoms with Crippen LogP contribution in [-0.2, 0) is 7.05 Å². The molecule has 0 aliphatic rings. The standard InChI is InChI=1S/C17H19N5O2/c1-4-18-17(23)21-15-9-11-8-13(22(2)14(11)10-20-15)12-6-5-7-19-16(12)24-3/h5-10H,4H2,1-3H3,(H2,18,20,21,23). The number of ether oxygens (including phenoxy) is 1. The molecule has 0 aliphatic heterocycles. The van der Waals surface area contributed by atoms with Crippen molar-refractivity contribution in [1.82, 2.24) is 19.9 Å². The van der Waals surface area contributed by atoms with Gasteiger partial charge in [-0.25, -0.2) is 14.8 Å². The van der Waals surface area contributed by atoms with Crippen LogP contribution in [0.4, 0.5) is 10.6 Å². The van der Waals surface area contributed by atoms with Gasteiger partial charge >= 0.3 is 6.03 Å². The third kappa shape index (κ3) is 2.88. The van der Waals surface area contributed by atoms with Crippen LogP contribution in [0.25, 0.3) is 22.2 Å². The number of nitrogens with zero attached hydrogens (tertiary/aromatic N) is 3. The fraction of sp³-hybridized carbons (Fsp3) is 0.235. The molecule has 0 saturated heterocycles. The van der Waals surface area contributed by atoms with Gasteiger partial charge in [-0.3, -0.25) is 5.32 Å². The molecule has 0 atom stereocenters. The molecular formula is C17H19N5O2. The van der Waals surface area contributed by atoms with Gasteiger partial charge < -0.3 is 14.6 Å². The van der Waals surface area contributed by atoms with Gasteiger partial charge in [-0.15, -0.1) is 0 Å². The van der Waals surface area contributed by atoms with Crippen molar-refractivity contribution in [3.8, 4) is 17.1 Å². The van der Waals surface area contributed by atoms with E-state index in [0.29, 0.717) is 18.2 Å². The smallest absolute Gasteiger partial charge is 0.320 e. The summed E-state index contributed by atoms with van der Waals surface area (Å²) in [7, 11) is 3.56. The average Bonchev–Trinajstić information content (AvgIpc) is 2.91. The molecule has 0 aromatic carbocycles. The van der Waals surface area contributed by atoms with Gasteiger partial charge in [0.25, 0.3) is 0 Å². The van der Waals surface area contributed by atoms with Crippen molar-refractivity contribution in [2.45, 2.75) is 6.92 Å². The second kappa shape index (κ2) is 6.57. The molecule has 3 rings (SSSR count). The first kappa shape index (κ1) is 15.8. The minimum atomic E-state index is -0.269. The largest absolute Gasteiger partial charge is 0.481 e. The molecule has 7 nitrogen and oxygen atoms in total. The summed E-state index contributed by atoms with van der Waals surface area (Å²) in [6.07, 6.45) is 3.43. The fourth-order valence-electron chi connectivity index (χ4n) is 2.63. The van der Waals surface area contributed by atoms with Gasteiger partial charge in [0, 0.05) is 25.2 Å². The molecule has 0 saturated carbocycles. The summed E-state index contributed by atoms with van der Waals surface area (Å²) in [5.41, 5.74) is 2.82. The molecule has 7 heteroatoms. The number of amides is 2. The van der Waals surface area contributed by atoms with Crippen LogP contribution in [0.5, 0.6) is 5.88 Å². The summed E-state index contributed by atoms with van der Waals surface area (Å²) < 4.78 is 7.37. The zero-order chi connectivity index (χ0) is 17.1. The molecule has 0 unspecified atom stereocenters. The van der Waals surface area contributed by atoms with Gasteiger partial charge in [0.1, 0.15) is 5.82 Å². The highest BCUT2D eigenvalue weighted by molar-refractivity contribution is 5.93. The highest BCUT2D eigenvalue weighted by Crippen LogP contribution is 2.32. The highest BCUT2D eigenvalue weighted by Gasteiger charge is 2.14. The lowest BCUT2D eigenvalue weighted by Crippen LogP contribution is -2.28. The van der Waals surface area contributed by atoms with Crippen molar-refractivity contribution in [2.75, 3.05) is 19.0 Å². The van der Waals surface area contributed by atoms with Gasteiger partial charge in [-0.1, -0.05) is 0 Å². The number of aromatic nitrogens is 3. The summed E-state index contributed by atoms with van der Waals surface area (Å²) in [5, 5.41) is 6.37. The number of hydrogen-bond acceptors (Lipinski definition) is 4. The monoisotopic (exact) mass is 325 g/mol. The molecule has 3 heterocycles. The fourth-order valence-corrected chi connectivity index (χ4v) is 2.63. The Labute approximate surface area is 139 Å². The first-order chi connectivity index (χ1) is 11.6. The Hall–Kier alpha value is -3.09. The van der Waals surface area contributed by atoms with E-state index in [-0.39, 0.29) is 6.03 Å². The zero-order valence-electron chi connectivity index (χ0n) is 13.8. The third-order valence-electron chi connectivity index (χ3n) is 3.75. The van der Waals surface area contributed by atoms with E-state index in [1.807, 2.05) is 42.8 Å². The van der Waals surface area contributed by atoms with E-state index in [1.54, 1.807) is 19.5 Å². The highest BCUT2D eigenvalue weighted by atomic mass is 16.5. The molecule has 2 amide bonds. The Morgan fingerprint density at radius 3 is 2.92 bits per heavy atom.